The van der Waals surface area contributed by atoms with Crippen LogP contribution in [-0.2, 0) is 11.3 Å². The van der Waals surface area contributed by atoms with Gasteiger partial charge in [-0.05, 0) is 58.5 Å². The lowest BCUT2D eigenvalue weighted by Crippen LogP contribution is -2.25. The van der Waals surface area contributed by atoms with Crippen molar-refractivity contribution >= 4 is 51.3 Å². The number of anilines is 1. The van der Waals surface area contributed by atoms with E-state index in [0.29, 0.717) is 0 Å². The highest BCUT2D eigenvalue weighted by atomic mass is 127. The highest BCUT2D eigenvalue weighted by molar-refractivity contribution is 14.1. The second-order valence-corrected chi connectivity index (χ2v) is 8.11. The second kappa shape index (κ2) is 9.58. The third-order valence-electron chi connectivity index (χ3n) is 4.71. The van der Waals surface area contributed by atoms with Gasteiger partial charge in [0, 0.05) is 38.5 Å². The minimum Gasteiger partial charge on any atom is -0.376 e. The number of fused-ring (bicyclic) bond motifs is 1. The quantitative estimate of drug-likeness (QED) is 0.213. The Bertz CT molecular complexity index is 1170. The summed E-state index contributed by atoms with van der Waals surface area (Å²) in [6, 6.07) is 26.4. The molecule has 3 aromatic carbocycles. The van der Waals surface area contributed by atoms with Crippen LogP contribution < -0.4 is 10.7 Å². The molecule has 4 rings (SSSR count). The van der Waals surface area contributed by atoms with E-state index in [2.05, 4.69) is 73.5 Å². The summed E-state index contributed by atoms with van der Waals surface area (Å²) < 4.78 is 3.35. The van der Waals surface area contributed by atoms with Crippen molar-refractivity contribution in [2.45, 2.75) is 6.54 Å². The molecule has 150 valence electrons. The summed E-state index contributed by atoms with van der Waals surface area (Å²) in [6.45, 7) is 0.940. The van der Waals surface area contributed by atoms with Crippen LogP contribution in [0.1, 0.15) is 11.1 Å². The van der Waals surface area contributed by atoms with E-state index in [-0.39, 0.29) is 12.5 Å². The standard InChI is InChI=1S/C24H21IN4O/c25-20-10-12-21(13-11-20)26-15-24(30)28-27-14-19-17-29(16-18-6-2-1-3-7-18)23-9-5-4-8-22(19)23/h1-14,17,26H,15-16H2,(H,28,30)/b27-14-. The number of rotatable bonds is 7. The molecule has 5 nitrogen and oxygen atoms in total. The molecule has 1 amide bonds. The Labute approximate surface area is 188 Å². The zero-order valence-corrected chi connectivity index (χ0v) is 18.4. The van der Waals surface area contributed by atoms with Gasteiger partial charge in [0.05, 0.1) is 12.8 Å². The highest BCUT2D eigenvalue weighted by Crippen LogP contribution is 2.21. The predicted octanol–water partition coefficient (Wildman–Crippen LogP) is 4.86. The van der Waals surface area contributed by atoms with Gasteiger partial charge in [0.15, 0.2) is 0 Å². The maximum Gasteiger partial charge on any atom is 0.259 e. The average Bonchev–Trinajstić information content (AvgIpc) is 3.12. The molecule has 0 aliphatic rings. The Kier molecular flexibility index (Phi) is 6.44. The van der Waals surface area contributed by atoms with Gasteiger partial charge in [-0.1, -0.05) is 48.5 Å². The number of carbonyl (C=O) groups excluding carboxylic acids is 1. The molecule has 2 N–H and O–H groups in total. The third kappa shape index (κ3) is 5.07. The third-order valence-corrected chi connectivity index (χ3v) is 5.42. The van der Waals surface area contributed by atoms with Gasteiger partial charge in [0.2, 0.25) is 0 Å². The molecule has 0 aliphatic carbocycles. The molecule has 0 saturated heterocycles. The summed E-state index contributed by atoms with van der Waals surface area (Å²) in [7, 11) is 0. The van der Waals surface area contributed by atoms with Gasteiger partial charge in [0.25, 0.3) is 5.91 Å². The van der Waals surface area contributed by atoms with Crippen LogP contribution in [0.15, 0.2) is 90.2 Å². The van der Waals surface area contributed by atoms with E-state index in [1.807, 2.05) is 54.6 Å². The first-order valence-corrected chi connectivity index (χ1v) is 10.7. The number of hydrogen-bond acceptors (Lipinski definition) is 3. The van der Waals surface area contributed by atoms with E-state index in [1.165, 1.54) is 5.56 Å². The molecular formula is C24H21IN4O. The molecule has 0 bridgehead atoms. The molecule has 1 heterocycles. The van der Waals surface area contributed by atoms with Crippen LogP contribution >= 0.6 is 22.6 Å². The molecule has 6 heteroatoms. The van der Waals surface area contributed by atoms with Crippen molar-refractivity contribution in [1.29, 1.82) is 0 Å². The van der Waals surface area contributed by atoms with E-state index >= 15 is 0 Å². The molecule has 0 unspecified atom stereocenters. The molecular weight excluding hydrogens is 487 g/mol. The van der Waals surface area contributed by atoms with Crippen molar-refractivity contribution in [3.05, 3.63) is 99.8 Å². The SMILES string of the molecule is O=C(CNc1ccc(I)cc1)N/N=C\c1cn(Cc2ccccc2)c2ccccc12. The van der Waals surface area contributed by atoms with Gasteiger partial charge >= 0.3 is 0 Å². The fourth-order valence-corrected chi connectivity index (χ4v) is 3.61. The van der Waals surface area contributed by atoms with Crippen molar-refractivity contribution in [1.82, 2.24) is 9.99 Å². The monoisotopic (exact) mass is 508 g/mol. The van der Waals surface area contributed by atoms with Gasteiger partial charge in [-0.25, -0.2) is 5.43 Å². The summed E-state index contributed by atoms with van der Waals surface area (Å²) in [5.74, 6) is -0.196. The second-order valence-electron chi connectivity index (χ2n) is 6.87. The molecule has 0 saturated carbocycles. The molecule has 4 aromatic rings. The number of para-hydroxylation sites is 1. The Hall–Kier alpha value is -3.13. The lowest BCUT2D eigenvalue weighted by molar-refractivity contribution is -0.119. The number of hydrazone groups is 1. The Balaban J connectivity index is 1.42. The van der Waals surface area contributed by atoms with Crippen molar-refractivity contribution < 1.29 is 4.79 Å². The first-order chi connectivity index (χ1) is 14.7. The van der Waals surface area contributed by atoms with E-state index in [9.17, 15) is 4.79 Å². The van der Waals surface area contributed by atoms with Gasteiger partial charge in [0.1, 0.15) is 0 Å². The first kappa shape index (κ1) is 20.2. The van der Waals surface area contributed by atoms with Crippen LogP contribution in [0.2, 0.25) is 0 Å². The van der Waals surface area contributed by atoms with Crippen LogP contribution in [0.25, 0.3) is 10.9 Å². The van der Waals surface area contributed by atoms with Gasteiger partial charge in [-0.15, -0.1) is 0 Å². The smallest absolute Gasteiger partial charge is 0.259 e. The summed E-state index contributed by atoms with van der Waals surface area (Å²) in [5.41, 5.74) is 6.83. The molecule has 0 radical (unpaired) electrons. The van der Waals surface area contributed by atoms with Crippen LogP contribution in [0, 0.1) is 3.57 Å². The summed E-state index contributed by atoms with van der Waals surface area (Å²) in [4.78, 5) is 12.1. The lowest BCUT2D eigenvalue weighted by Gasteiger charge is -2.05. The number of benzene rings is 3. The zero-order valence-electron chi connectivity index (χ0n) is 16.3. The van der Waals surface area contributed by atoms with E-state index < -0.39 is 0 Å². The van der Waals surface area contributed by atoms with Crippen LogP contribution in [0.3, 0.4) is 0 Å². The minimum atomic E-state index is -0.196. The number of amides is 1. The maximum absolute atomic E-state index is 12.1. The predicted molar refractivity (Wildman–Crippen MR) is 131 cm³/mol. The maximum atomic E-state index is 12.1. The number of hydrogen-bond donors (Lipinski definition) is 2. The Morgan fingerprint density at radius 3 is 2.50 bits per heavy atom. The van der Waals surface area contributed by atoms with Gasteiger partial charge in [-0.2, -0.15) is 5.10 Å². The van der Waals surface area contributed by atoms with E-state index in [1.54, 1.807) is 6.21 Å². The molecule has 0 spiro atoms. The molecule has 30 heavy (non-hydrogen) atoms. The van der Waals surface area contributed by atoms with E-state index in [4.69, 9.17) is 0 Å². The van der Waals surface area contributed by atoms with Crippen LogP contribution in [0.4, 0.5) is 5.69 Å². The van der Waals surface area contributed by atoms with Crippen molar-refractivity contribution in [2.75, 3.05) is 11.9 Å². The van der Waals surface area contributed by atoms with Crippen LogP contribution in [-0.4, -0.2) is 23.2 Å². The summed E-state index contributed by atoms with van der Waals surface area (Å²) in [5, 5.41) is 8.35. The first-order valence-electron chi connectivity index (χ1n) is 9.62. The lowest BCUT2D eigenvalue weighted by atomic mass is 10.2. The zero-order chi connectivity index (χ0) is 20.8. The topological polar surface area (TPSA) is 58.4 Å². The molecule has 1 aromatic heterocycles. The number of carbonyl (C=O) groups is 1. The Morgan fingerprint density at radius 2 is 1.70 bits per heavy atom. The van der Waals surface area contributed by atoms with Crippen molar-refractivity contribution in [2.24, 2.45) is 5.10 Å². The normalized spacial score (nSPS) is 11.1. The number of nitrogens with one attached hydrogen (secondary N) is 2. The van der Waals surface area contributed by atoms with Gasteiger partial charge in [-0.3, -0.25) is 4.79 Å². The minimum absolute atomic E-state index is 0.160. The fraction of sp³-hybridized carbons (Fsp3) is 0.0833. The van der Waals surface area contributed by atoms with Crippen LogP contribution in [0.5, 0.6) is 0 Å². The molecule has 0 aliphatic heterocycles. The fourth-order valence-electron chi connectivity index (χ4n) is 3.25. The molecule has 0 atom stereocenters. The Morgan fingerprint density at radius 1 is 0.967 bits per heavy atom. The summed E-state index contributed by atoms with van der Waals surface area (Å²) >= 11 is 2.25. The van der Waals surface area contributed by atoms with Gasteiger partial charge < -0.3 is 9.88 Å². The van der Waals surface area contributed by atoms with E-state index in [0.717, 1.165) is 32.3 Å². The van der Waals surface area contributed by atoms with Crippen molar-refractivity contribution in [3.8, 4) is 0 Å². The average molecular weight is 508 g/mol. The molecule has 0 fully saturated rings. The number of aromatic nitrogens is 1. The number of nitrogens with zero attached hydrogens (tertiary/aromatic N) is 2. The summed E-state index contributed by atoms with van der Waals surface area (Å²) in [6.07, 6.45) is 3.77. The highest BCUT2D eigenvalue weighted by Gasteiger charge is 2.07. The number of halogens is 1. The largest absolute Gasteiger partial charge is 0.376 e. The van der Waals surface area contributed by atoms with Crippen molar-refractivity contribution in [3.63, 3.8) is 0 Å².